The first-order valence-electron chi connectivity index (χ1n) is 9.02. The molecular weight excluding hydrogens is 338 g/mol. The second-order valence-corrected chi connectivity index (χ2v) is 7.21. The zero-order valence-corrected chi connectivity index (χ0v) is 15.9. The number of hydrogen-bond acceptors (Lipinski definition) is 5. The zero-order chi connectivity index (χ0) is 18.7. The monoisotopic (exact) mass is 359 g/mol. The third-order valence-electron chi connectivity index (χ3n) is 5.25. The smallest absolute Gasteiger partial charge is 0.229 e. The highest BCUT2D eigenvalue weighted by Crippen LogP contribution is 2.43. The number of hydrogen-bond donors (Lipinski definition) is 0. The highest BCUT2D eigenvalue weighted by molar-refractivity contribution is 6.07. The minimum Gasteiger partial charge on any atom is -0.497 e. The topological polar surface area (TPSA) is 41.7 Å². The molecule has 4 aromatic rings. The molecule has 136 valence electrons. The first-order chi connectivity index (χ1) is 13.0. The Morgan fingerprint density at radius 1 is 1.07 bits per heavy atom. The van der Waals surface area contributed by atoms with Gasteiger partial charge in [-0.2, -0.15) is 4.98 Å². The van der Waals surface area contributed by atoms with E-state index in [0.717, 1.165) is 57.1 Å². The average Bonchev–Trinajstić information content (AvgIpc) is 3.18. The number of methoxy groups -OCH3 is 1. The maximum Gasteiger partial charge on any atom is 0.229 e. The van der Waals surface area contributed by atoms with Gasteiger partial charge < -0.3 is 19.0 Å². The molecule has 0 saturated carbocycles. The minimum absolute atomic E-state index is 0.679. The lowest BCUT2D eigenvalue weighted by Crippen LogP contribution is -2.24. The number of aryl methyl sites for hydroxylation is 2. The van der Waals surface area contributed by atoms with Crippen LogP contribution in [0.25, 0.3) is 22.1 Å². The van der Waals surface area contributed by atoms with Gasteiger partial charge in [-0.25, -0.2) is 0 Å². The van der Waals surface area contributed by atoms with Crippen LogP contribution in [0.2, 0.25) is 0 Å². The van der Waals surface area contributed by atoms with E-state index in [1.54, 1.807) is 7.11 Å². The van der Waals surface area contributed by atoms with Gasteiger partial charge in [-0.3, -0.25) is 0 Å². The second-order valence-electron chi connectivity index (χ2n) is 7.21. The lowest BCUT2D eigenvalue weighted by molar-refractivity contribution is 0.414. The first-order valence-corrected chi connectivity index (χ1v) is 9.02. The van der Waals surface area contributed by atoms with E-state index in [9.17, 15) is 0 Å². The van der Waals surface area contributed by atoms with Gasteiger partial charge in [0.05, 0.1) is 24.9 Å². The molecule has 1 aliphatic rings. The Bertz CT molecular complexity index is 1200. The molecule has 2 aromatic heterocycles. The van der Waals surface area contributed by atoms with Gasteiger partial charge in [0, 0.05) is 24.2 Å². The molecule has 2 aromatic carbocycles. The minimum atomic E-state index is 0.679. The van der Waals surface area contributed by atoms with Crippen LogP contribution in [0.4, 0.5) is 17.2 Å². The van der Waals surface area contributed by atoms with Gasteiger partial charge in [0.2, 0.25) is 5.71 Å². The zero-order valence-electron chi connectivity index (χ0n) is 15.9. The summed E-state index contributed by atoms with van der Waals surface area (Å²) in [6, 6.07) is 14.6. The van der Waals surface area contributed by atoms with E-state index in [-0.39, 0.29) is 0 Å². The summed E-state index contributed by atoms with van der Waals surface area (Å²) in [6.45, 7) is 4.87. The van der Waals surface area contributed by atoms with E-state index in [4.69, 9.17) is 14.1 Å². The van der Waals surface area contributed by atoms with Gasteiger partial charge in [-0.05, 0) is 43.2 Å². The second kappa shape index (κ2) is 5.64. The number of benzene rings is 2. The number of aromatic nitrogens is 1. The molecule has 0 unspecified atom stereocenters. The summed E-state index contributed by atoms with van der Waals surface area (Å²) in [6.07, 6.45) is 0. The van der Waals surface area contributed by atoms with Crippen LogP contribution in [0.15, 0.2) is 46.9 Å². The van der Waals surface area contributed by atoms with Crippen LogP contribution in [0.1, 0.15) is 11.1 Å². The van der Waals surface area contributed by atoms with Crippen molar-refractivity contribution in [3.05, 3.63) is 53.6 Å². The molecule has 0 aliphatic carbocycles. The van der Waals surface area contributed by atoms with E-state index in [1.165, 1.54) is 0 Å². The Hall–Kier alpha value is -3.21. The third-order valence-corrected chi connectivity index (χ3v) is 5.25. The lowest BCUT2D eigenvalue weighted by atomic mass is 10.1. The number of pyridine rings is 1. The molecule has 0 bridgehead atoms. The van der Waals surface area contributed by atoms with Crippen LogP contribution >= 0.6 is 0 Å². The Morgan fingerprint density at radius 2 is 1.93 bits per heavy atom. The van der Waals surface area contributed by atoms with Crippen LogP contribution in [-0.4, -0.2) is 25.8 Å². The van der Waals surface area contributed by atoms with Crippen molar-refractivity contribution in [1.82, 2.24) is 4.98 Å². The van der Waals surface area contributed by atoms with Crippen LogP contribution < -0.4 is 14.5 Å². The number of rotatable bonds is 2. The molecule has 0 saturated heterocycles. The lowest BCUT2D eigenvalue weighted by Gasteiger charge is -2.19. The van der Waals surface area contributed by atoms with Crippen LogP contribution in [0, 0.1) is 13.8 Å². The SMILES string of the molecule is COc1cc(C)cc(N2CN(C)c3cc4c(nc32)oc2c(C)cccc24)c1. The fraction of sp³-hybridized carbons (Fsp3) is 0.227. The summed E-state index contributed by atoms with van der Waals surface area (Å²) >= 11 is 0. The van der Waals surface area contributed by atoms with E-state index < -0.39 is 0 Å². The fourth-order valence-electron chi connectivity index (χ4n) is 3.89. The molecule has 0 fully saturated rings. The Labute approximate surface area is 157 Å². The molecule has 3 heterocycles. The predicted molar refractivity (Wildman–Crippen MR) is 109 cm³/mol. The largest absolute Gasteiger partial charge is 0.497 e. The van der Waals surface area contributed by atoms with Crippen LogP contribution in [0.5, 0.6) is 5.75 Å². The Kier molecular flexibility index (Phi) is 3.34. The molecule has 5 rings (SSSR count). The molecule has 5 heteroatoms. The van der Waals surface area contributed by atoms with Crippen molar-refractivity contribution < 1.29 is 9.15 Å². The van der Waals surface area contributed by atoms with Crippen molar-refractivity contribution in [3.63, 3.8) is 0 Å². The number of fused-ring (bicyclic) bond motifs is 4. The third kappa shape index (κ3) is 2.35. The quantitative estimate of drug-likeness (QED) is 0.495. The van der Waals surface area contributed by atoms with Crippen molar-refractivity contribution in [2.75, 3.05) is 30.6 Å². The number of anilines is 3. The molecule has 0 atom stereocenters. The van der Waals surface area contributed by atoms with E-state index in [0.29, 0.717) is 5.71 Å². The standard InChI is InChI=1S/C22H21N3O2/c1-13-8-15(10-16(9-13)26-4)25-12-24(3)19-11-18-17-7-5-6-14(2)20(17)27-22(18)23-21(19)25/h5-11H,12H2,1-4H3. The number of furan rings is 1. The molecular formula is C22H21N3O2. The molecule has 0 radical (unpaired) electrons. The molecule has 0 N–H and O–H groups in total. The van der Waals surface area contributed by atoms with Crippen LogP contribution in [0.3, 0.4) is 0 Å². The van der Waals surface area contributed by atoms with Crippen molar-refractivity contribution in [2.24, 2.45) is 0 Å². The summed E-state index contributed by atoms with van der Waals surface area (Å²) < 4.78 is 11.6. The van der Waals surface area contributed by atoms with Gasteiger partial charge in [0.25, 0.3) is 0 Å². The number of ether oxygens (including phenoxy) is 1. The Morgan fingerprint density at radius 3 is 2.74 bits per heavy atom. The maximum atomic E-state index is 6.12. The summed E-state index contributed by atoms with van der Waals surface area (Å²) in [5.41, 5.74) is 6.04. The maximum absolute atomic E-state index is 6.12. The highest BCUT2D eigenvalue weighted by Gasteiger charge is 2.28. The van der Waals surface area contributed by atoms with Gasteiger partial charge in [-0.1, -0.05) is 18.2 Å². The van der Waals surface area contributed by atoms with Gasteiger partial charge in [0.15, 0.2) is 5.82 Å². The highest BCUT2D eigenvalue weighted by atomic mass is 16.5. The van der Waals surface area contributed by atoms with E-state index in [1.807, 2.05) is 12.1 Å². The summed E-state index contributed by atoms with van der Waals surface area (Å²) in [5.74, 6) is 1.76. The van der Waals surface area contributed by atoms with Gasteiger partial charge in [0.1, 0.15) is 11.3 Å². The fourth-order valence-corrected chi connectivity index (χ4v) is 3.89. The summed E-state index contributed by atoms with van der Waals surface area (Å²) in [7, 11) is 3.79. The summed E-state index contributed by atoms with van der Waals surface area (Å²) in [4.78, 5) is 9.32. The normalized spacial score (nSPS) is 13.6. The van der Waals surface area contributed by atoms with Gasteiger partial charge >= 0.3 is 0 Å². The van der Waals surface area contributed by atoms with E-state index >= 15 is 0 Å². The van der Waals surface area contributed by atoms with Crippen molar-refractivity contribution in [2.45, 2.75) is 13.8 Å². The summed E-state index contributed by atoms with van der Waals surface area (Å²) in [5, 5.41) is 2.17. The molecule has 27 heavy (non-hydrogen) atoms. The van der Waals surface area contributed by atoms with Crippen LogP contribution in [-0.2, 0) is 0 Å². The molecule has 0 amide bonds. The van der Waals surface area contributed by atoms with Crippen molar-refractivity contribution >= 4 is 39.3 Å². The van der Waals surface area contributed by atoms with Crippen molar-refractivity contribution in [1.29, 1.82) is 0 Å². The predicted octanol–water partition coefficient (Wildman–Crippen LogP) is 5.15. The molecule has 0 spiro atoms. The van der Waals surface area contributed by atoms with Gasteiger partial charge in [-0.15, -0.1) is 0 Å². The molecule has 5 nitrogen and oxygen atoms in total. The van der Waals surface area contributed by atoms with Crippen molar-refractivity contribution in [3.8, 4) is 5.75 Å². The first kappa shape index (κ1) is 16.0. The molecule has 1 aliphatic heterocycles. The van der Waals surface area contributed by atoms with E-state index in [2.05, 4.69) is 61.0 Å². The average molecular weight is 359 g/mol. The number of nitrogens with zero attached hydrogens (tertiary/aromatic N) is 3. The number of para-hydroxylation sites is 1. The Balaban J connectivity index is 1.73.